The van der Waals surface area contributed by atoms with Crippen LogP contribution in [0.5, 0.6) is 0 Å². The van der Waals surface area contributed by atoms with Crippen LogP contribution in [0.2, 0.25) is 0 Å². The molecule has 0 aliphatic carbocycles. The molecule has 0 unspecified atom stereocenters. The van der Waals surface area contributed by atoms with Gasteiger partial charge in [-0.3, -0.25) is 0 Å². The van der Waals surface area contributed by atoms with Crippen LogP contribution in [0.15, 0.2) is 0 Å². The zero-order chi connectivity index (χ0) is 13.8. The van der Waals surface area contributed by atoms with E-state index in [1.165, 1.54) is 4.90 Å². The maximum atomic E-state index is 11.9. The summed E-state index contributed by atoms with van der Waals surface area (Å²) in [5.74, 6) is -1.15. The van der Waals surface area contributed by atoms with Gasteiger partial charge in [0, 0.05) is 19.6 Å². The normalized spacial score (nSPS) is 20.3. The van der Waals surface area contributed by atoms with Crippen molar-refractivity contribution in [1.82, 2.24) is 10.2 Å². The fourth-order valence-electron chi connectivity index (χ4n) is 1.82. The van der Waals surface area contributed by atoms with Crippen molar-refractivity contribution in [2.75, 3.05) is 26.3 Å². The number of aliphatic hydroxyl groups excluding tert-OH is 1. The minimum Gasteiger partial charge on any atom is -0.480 e. The van der Waals surface area contributed by atoms with E-state index in [1.54, 1.807) is 0 Å². The Bertz CT molecular complexity index is 319. The third-order valence-corrected chi connectivity index (χ3v) is 2.73. The molecule has 0 bridgehead atoms. The van der Waals surface area contributed by atoms with Crippen LogP contribution >= 0.6 is 0 Å². The average Bonchev–Trinajstić information content (AvgIpc) is 2.26. The van der Waals surface area contributed by atoms with E-state index in [2.05, 4.69) is 5.32 Å². The lowest BCUT2D eigenvalue weighted by Crippen LogP contribution is -2.56. The highest BCUT2D eigenvalue weighted by molar-refractivity contribution is 5.82. The highest BCUT2D eigenvalue weighted by Gasteiger charge is 2.31. The molecule has 0 saturated carbocycles. The maximum Gasteiger partial charge on any atom is 0.326 e. The van der Waals surface area contributed by atoms with Crippen molar-refractivity contribution in [3.63, 3.8) is 0 Å². The topological polar surface area (TPSA) is 99.1 Å². The number of amides is 2. The summed E-state index contributed by atoms with van der Waals surface area (Å²) < 4.78 is 5.47. The van der Waals surface area contributed by atoms with Crippen LogP contribution in [0.1, 0.15) is 20.3 Å². The highest BCUT2D eigenvalue weighted by atomic mass is 16.5. The number of aliphatic hydroxyl groups is 1. The third-order valence-electron chi connectivity index (χ3n) is 2.73. The first-order valence-corrected chi connectivity index (χ1v) is 5.89. The van der Waals surface area contributed by atoms with Gasteiger partial charge in [-0.05, 0) is 13.8 Å². The molecule has 0 radical (unpaired) electrons. The van der Waals surface area contributed by atoms with Crippen molar-refractivity contribution >= 4 is 12.0 Å². The van der Waals surface area contributed by atoms with Gasteiger partial charge in [0.25, 0.3) is 0 Å². The number of carboxylic acid groups (broad SMARTS) is 1. The molecule has 7 heteroatoms. The monoisotopic (exact) mass is 260 g/mol. The van der Waals surface area contributed by atoms with Gasteiger partial charge in [0.15, 0.2) is 0 Å². The molecule has 0 aromatic carbocycles. The lowest BCUT2D eigenvalue weighted by Gasteiger charge is -2.38. The van der Waals surface area contributed by atoms with Crippen LogP contribution in [0, 0.1) is 0 Å². The van der Waals surface area contributed by atoms with Gasteiger partial charge >= 0.3 is 12.0 Å². The fraction of sp³-hybridized carbons (Fsp3) is 0.818. The van der Waals surface area contributed by atoms with Crippen molar-refractivity contribution in [3.8, 4) is 0 Å². The van der Waals surface area contributed by atoms with Gasteiger partial charge in [-0.2, -0.15) is 0 Å². The Morgan fingerprint density at radius 3 is 2.67 bits per heavy atom. The molecule has 7 nitrogen and oxygen atoms in total. The summed E-state index contributed by atoms with van der Waals surface area (Å²) in [6.45, 7) is 4.72. The number of morpholine rings is 1. The minimum absolute atomic E-state index is 0.00515. The summed E-state index contributed by atoms with van der Waals surface area (Å²) in [5.41, 5.74) is -0.425. The molecule has 1 aliphatic rings. The van der Waals surface area contributed by atoms with E-state index in [1.807, 2.05) is 13.8 Å². The first kappa shape index (κ1) is 14.7. The number of hydrogen-bond donors (Lipinski definition) is 3. The second-order valence-electron chi connectivity index (χ2n) is 4.88. The Hall–Kier alpha value is -1.34. The molecule has 18 heavy (non-hydrogen) atoms. The summed E-state index contributed by atoms with van der Waals surface area (Å²) >= 11 is 0. The molecule has 1 rings (SSSR count). The SMILES string of the molecule is CC1(C)CN(C(=O)N[C@@H](CCO)C(=O)O)CCO1. The predicted molar refractivity (Wildman–Crippen MR) is 63.3 cm³/mol. The van der Waals surface area contributed by atoms with Crippen LogP contribution in [0.3, 0.4) is 0 Å². The number of carbonyl (C=O) groups excluding carboxylic acids is 1. The van der Waals surface area contributed by atoms with E-state index in [0.717, 1.165) is 0 Å². The number of nitrogens with one attached hydrogen (secondary N) is 1. The maximum absolute atomic E-state index is 11.9. The Balaban J connectivity index is 2.55. The number of hydrogen-bond acceptors (Lipinski definition) is 4. The molecule has 0 aromatic rings. The fourth-order valence-corrected chi connectivity index (χ4v) is 1.82. The number of rotatable bonds is 4. The van der Waals surface area contributed by atoms with Crippen LogP contribution in [0.25, 0.3) is 0 Å². The number of aliphatic carboxylic acids is 1. The average molecular weight is 260 g/mol. The number of urea groups is 1. The zero-order valence-corrected chi connectivity index (χ0v) is 10.7. The predicted octanol–water partition coefficient (Wildman–Crippen LogP) is -0.358. The second-order valence-corrected chi connectivity index (χ2v) is 4.88. The molecule has 2 amide bonds. The first-order chi connectivity index (χ1) is 8.35. The molecule has 0 aromatic heterocycles. The summed E-state index contributed by atoms with van der Waals surface area (Å²) in [5, 5.41) is 20.0. The standard InChI is InChI=1S/C11H20N2O5/c1-11(2)7-13(4-6-18-11)10(17)12-8(3-5-14)9(15)16/h8,14H,3-7H2,1-2H3,(H,12,17)(H,15,16)/t8-/m0/s1. The smallest absolute Gasteiger partial charge is 0.326 e. The van der Waals surface area contributed by atoms with E-state index < -0.39 is 23.6 Å². The van der Waals surface area contributed by atoms with Gasteiger partial charge in [-0.1, -0.05) is 0 Å². The molecule has 1 heterocycles. The molecular formula is C11H20N2O5. The van der Waals surface area contributed by atoms with E-state index in [9.17, 15) is 9.59 Å². The van der Waals surface area contributed by atoms with E-state index in [-0.39, 0.29) is 13.0 Å². The molecule has 1 saturated heterocycles. The minimum atomic E-state index is -1.15. The Morgan fingerprint density at radius 2 is 2.17 bits per heavy atom. The van der Waals surface area contributed by atoms with Crippen molar-refractivity contribution < 1.29 is 24.5 Å². The number of carboxylic acids is 1. The van der Waals surface area contributed by atoms with Gasteiger partial charge in [-0.15, -0.1) is 0 Å². The molecule has 3 N–H and O–H groups in total. The number of carbonyl (C=O) groups is 2. The van der Waals surface area contributed by atoms with Crippen molar-refractivity contribution in [2.45, 2.75) is 31.9 Å². The van der Waals surface area contributed by atoms with Crippen LogP contribution in [0.4, 0.5) is 4.79 Å². The van der Waals surface area contributed by atoms with Gasteiger partial charge in [-0.25, -0.2) is 9.59 Å². The third kappa shape index (κ3) is 4.15. The van der Waals surface area contributed by atoms with Gasteiger partial charge < -0.3 is 25.2 Å². The Morgan fingerprint density at radius 1 is 1.50 bits per heavy atom. The summed E-state index contributed by atoms with van der Waals surface area (Å²) in [6, 6.07) is -1.50. The molecule has 1 aliphatic heterocycles. The van der Waals surface area contributed by atoms with Gasteiger partial charge in [0.05, 0.1) is 18.8 Å². The van der Waals surface area contributed by atoms with Gasteiger partial charge in [0.1, 0.15) is 6.04 Å². The van der Waals surface area contributed by atoms with Crippen LogP contribution in [-0.4, -0.2) is 65.1 Å². The number of nitrogens with zero attached hydrogens (tertiary/aromatic N) is 1. The molecule has 0 spiro atoms. The Kier molecular flexibility index (Phi) is 4.92. The van der Waals surface area contributed by atoms with Gasteiger partial charge in [0.2, 0.25) is 0 Å². The summed E-state index contributed by atoms with van der Waals surface area (Å²) in [4.78, 5) is 24.3. The second kappa shape index (κ2) is 6.01. The quantitative estimate of drug-likeness (QED) is 0.641. The largest absolute Gasteiger partial charge is 0.480 e. The highest BCUT2D eigenvalue weighted by Crippen LogP contribution is 2.16. The Labute approximate surface area is 106 Å². The van der Waals surface area contributed by atoms with E-state index in [4.69, 9.17) is 14.9 Å². The van der Waals surface area contributed by atoms with E-state index >= 15 is 0 Å². The zero-order valence-electron chi connectivity index (χ0n) is 10.7. The first-order valence-electron chi connectivity index (χ1n) is 5.89. The van der Waals surface area contributed by atoms with Crippen LogP contribution < -0.4 is 5.32 Å². The molecule has 104 valence electrons. The summed E-state index contributed by atoms with van der Waals surface area (Å²) in [6.07, 6.45) is -0.00515. The molecule has 1 atom stereocenters. The number of ether oxygens (including phenoxy) is 1. The summed E-state index contributed by atoms with van der Waals surface area (Å²) in [7, 11) is 0. The molecule has 1 fully saturated rings. The molecular weight excluding hydrogens is 240 g/mol. The van der Waals surface area contributed by atoms with Crippen molar-refractivity contribution in [2.24, 2.45) is 0 Å². The van der Waals surface area contributed by atoms with E-state index in [0.29, 0.717) is 19.7 Å². The lowest BCUT2D eigenvalue weighted by atomic mass is 10.1. The van der Waals surface area contributed by atoms with Crippen molar-refractivity contribution in [3.05, 3.63) is 0 Å². The van der Waals surface area contributed by atoms with Crippen LogP contribution in [-0.2, 0) is 9.53 Å². The lowest BCUT2D eigenvalue weighted by molar-refractivity contribution is -0.139. The van der Waals surface area contributed by atoms with Crippen molar-refractivity contribution in [1.29, 1.82) is 0 Å².